The predicted molar refractivity (Wildman–Crippen MR) is 99.3 cm³/mol. The van der Waals surface area contributed by atoms with Crippen molar-refractivity contribution >= 4 is 5.91 Å². The highest BCUT2D eigenvalue weighted by Crippen LogP contribution is 2.31. The van der Waals surface area contributed by atoms with Crippen LogP contribution in [0.1, 0.15) is 11.1 Å². The Hall–Kier alpha value is -2.60. The van der Waals surface area contributed by atoms with Crippen molar-refractivity contribution in [2.75, 3.05) is 40.4 Å². The van der Waals surface area contributed by atoms with Crippen LogP contribution in [0.3, 0.4) is 0 Å². The van der Waals surface area contributed by atoms with Gasteiger partial charge >= 0.3 is 0 Å². The third-order valence-electron chi connectivity index (χ3n) is 4.23. The number of hydrogen-bond donors (Lipinski definition) is 0. The zero-order chi connectivity index (χ0) is 18.4. The summed E-state index contributed by atoms with van der Waals surface area (Å²) in [7, 11) is 4.01. The van der Waals surface area contributed by atoms with Crippen molar-refractivity contribution in [3.05, 3.63) is 53.9 Å². The number of aromatic nitrogens is 1. The molecule has 0 N–H and O–H groups in total. The van der Waals surface area contributed by atoms with Gasteiger partial charge in [-0.1, -0.05) is 12.1 Å². The van der Waals surface area contributed by atoms with Gasteiger partial charge in [0.1, 0.15) is 13.2 Å². The lowest BCUT2D eigenvalue weighted by Gasteiger charge is -2.25. The van der Waals surface area contributed by atoms with Gasteiger partial charge in [-0.2, -0.15) is 0 Å². The molecule has 1 aliphatic heterocycles. The smallest absolute Gasteiger partial charge is 0.227 e. The number of carbonyl (C=O) groups excluding carboxylic acids is 1. The lowest BCUT2D eigenvalue weighted by molar-refractivity contribution is -0.131. The van der Waals surface area contributed by atoms with Gasteiger partial charge in [-0.25, -0.2) is 0 Å². The SMILES string of the molecule is CN(C)CCN(Cc1cccnc1)C(=O)Cc1ccc2c(c1)OCCO2. The molecule has 0 bridgehead atoms. The van der Waals surface area contributed by atoms with E-state index in [1.54, 1.807) is 12.4 Å². The Morgan fingerprint density at radius 3 is 2.62 bits per heavy atom. The molecule has 0 unspecified atom stereocenters. The summed E-state index contributed by atoms with van der Waals surface area (Å²) in [4.78, 5) is 21.0. The zero-order valence-corrected chi connectivity index (χ0v) is 15.4. The fourth-order valence-electron chi connectivity index (χ4n) is 2.81. The van der Waals surface area contributed by atoms with E-state index in [0.717, 1.165) is 23.4 Å². The van der Waals surface area contributed by atoms with E-state index in [2.05, 4.69) is 9.88 Å². The third-order valence-corrected chi connectivity index (χ3v) is 4.23. The van der Waals surface area contributed by atoms with Crippen molar-refractivity contribution in [1.29, 1.82) is 0 Å². The average Bonchev–Trinajstić information content (AvgIpc) is 2.65. The predicted octanol–water partition coefficient (Wildman–Crippen LogP) is 1.99. The molecule has 26 heavy (non-hydrogen) atoms. The number of amides is 1. The number of hydrogen-bond acceptors (Lipinski definition) is 5. The first-order valence-electron chi connectivity index (χ1n) is 8.82. The molecule has 1 aromatic heterocycles. The molecule has 0 saturated heterocycles. The van der Waals surface area contributed by atoms with Gasteiger partial charge in [-0.05, 0) is 43.4 Å². The van der Waals surface area contributed by atoms with Gasteiger partial charge in [0, 0.05) is 32.0 Å². The van der Waals surface area contributed by atoms with Gasteiger partial charge in [0.05, 0.1) is 6.42 Å². The number of ether oxygens (including phenoxy) is 2. The first-order valence-corrected chi connectivity index (χ1v) is 8.82. The van der Waals surface area contributed by atoms with Gasteiger partial charge in [-0.15, -0.1) is 0 Å². The highest BCUT2D eigenvalue weighted by Gasteiger charge is 2.17. The average molecular weight is 355 g/mol. The van der Waals surface area contributed by atoms with Gasteiger partial charge in [-0.3, -0.25) is 9.78 Å². The van der Waals surface area contributed by atoms with Gasteiger partial charge in [0.2, 0.25) is 5.91 Å². The molecule has 0 atom stereocenters. The fraction of sp³-hybridized carbons (Fsp3) is 0.400. The number of pyridine rings is 1. The number of nitrogens with zero attached hydrogens (tertiary/aromatic N) is 3. The summed E-state index contributed by atoms with van der Waals surface area (Å²) in [6, 6.07) is 9.60. The molecule has 0 saturated carbocycles. The Kier molecular flexibility index (Phi) is 6.07. The van der Waals surface area contributed by atoms with Crippen LogP contribution in [0.4, 0.5) is 0 Å². The highest BCUT2D eigenvalue weighted by atomic mass is 16.6. The molecule has 0 spiro atoms. The summed E-state index contributed by atoms with van der Waals surface area (Å²) in [5.74, 6) is 1.55. The van der Waals surface area contributed by atoms with Crippen molar-refractivity contribution < 1.29 is 14.3 Å². The zero-order valence-electron chi connectivity index (χ0n) is 15.4. The van der Waals surface area contributed by atoms with Crippen molar-refractivity contribution in [3.63, 3.8) is 0 Å². The molecule has 6 nitrogen and oxygen atoms in total. The number of likely N-dealkylation sites (N-methyl/N-ethyl adjacent to an activating group) is 1. The molecule has 6 heteroatoms. The monoisotopic (exact) mass is 355 g/mol. The van der Waals surface area contributed by atoms with Gasteiger partial charge in [0.25, 0.3) is 0 Å². The minimum Gasteiger partial charge on any atom is -0.486 e. The highest BCUT2D eigenvalue weighted by molar-refractivity contribution is 5.79. The number of benzene rings is 1. The van der Waals surface area contributed by atoms with Gasteiger partial charge < -0.3 is 19.3 Å². The third kappa shape index (κ3) is 4.95. The molecule has 1 aliphatic rings. The summed E-state index contributed by atoms with van der Waals surface area (Å²) >= 11 is 0. The Balaban J connectivity index is 1.69. The van der Waals surface area contributed by atoms with Crippen LogP contribution in [0.2, 0.25) is 0 Å². The summed E-state index contributed by atoms with van der Waals surface area (Å²) in [6.07, 6.45) is 3.88. The van der Waals surface area contributed by atoms with E-state index in [0.29, 0.717) is 38.5 Å². The van der Waals surface area contributed by atoms with E-state index in [1.807, 2.05) is 49.3 Å². The van der Waals surface area contributed by atoms with E-state index in [-0.39, 0.29) is 5.91 Å². The van der Waals surface area contributed by atoms with E-state index >= 15 is 0 Å². The van der Waals surface area contributed by atoms with Crippen LogP contribution in [0, 0.1) is 0 Å². The maximum absolute atomic E-state index is 12.9. The van der Waals surface area contributed by atoms with Gasteiger partial charge in [0.15, 0.2) is 11.5 Å². The second-order valence-electron chi connectivity index (χ2n) is 6.63. The van der Waals surface area contributed by atoms with Crippen LogP contribution in [0.25, 0.3) is 0 Å². The standard InChI is InChI=1S/C20H25N3O3/c1-22(2)8-9-23(15-17-4-3-7-21-14-17)20(24)13-16-5-6-18-19(12-16)26-11-10-25-18/h3-7,12,14H,8-11,13,15H2,1-2H3. The van der Waals surface area contributed by atoms with Crippen LogP contribution >= 0.6 is 0 Å². The van der Waals surface area contributed by atoms with Crippen molar-refractivity contribution in [1.82, 2.24) is 14.8 Å². The Morgan fingerprint density at radius 2 is 1.88 bits per heavy atom. The van der Waals surface area contributed by atoms with Crippen molar-refractivity contribution in [3.8, 4) is 11.5 Å². The second kappa shape index (κ2) is 8.67. The molecule has 0 radical (unpaired) electrons. The number of fused-ring (bicyclic) bond motifs is 1. The first kappa shape index (κ1) is 18.2. The molecule has 138 valence electrons. The second-order valence-corrected chi connectivity index (χ2v) is 6.63. The normalized spacial score (nSPS) is 12.9. The lowest BCUT2D eigenvalue weighted by Crippen LogP contribution is -2.37. The summed E-state index contributed by atoms with van der Waals surface area (Å²) in [5, 5.41) is 0. The maximum atomic E-state index is 12.9. The Labute approximate surface area is 154 Å². The number of rotatable bonds is 7. The van der Waals surface area contributed by atoms with Crippen LogP contribution in [-0.2, 0) is 17.8 Å². The Morgan fingerprint density at radius 1 is 1.08 bits per heavy atom. The number of carbonyl (C=O) groups is 1. The summed E-state index contributed by atoms with van der Waals surface area (Å²) in [5.41, 5.74) is 1.96. The quantitative estimate of drug-likeness (QED) is 0.760. The van der Waals surface area contributed by atoms with E-state index < -0.39 is 0 Å². The maximum Gasteiger partial charge on any atom is 0.227 e. The van der Waals surface area contributed by atoms with Crippen molar-refractivity contribution in [2.45, 2.75) is 13.0 Å². The molecule has 0 aliphatic carbocycles. The Bertz CT molecular complexity index is 734. The topological polar surface area (TPSA) is 54.9 Å². The van der Waals surface area contributed by atoms with E-state index in [1.165, 1.54) is 0 Å². The largest absolute Gasteiger partial charge is 0.486 e. The summed E-state index contributed by atoms with van der Waals surface area (Å²) in [6.45, 7) is 3.15. The van der Waals surface area contributed by atoms with Crippen LogP contribution in [0.15, 0.2) is 42.7 Å². The molecular weight excluding hydrogens is 330 g/mol. The fourth-order valence-corrected chi connectivity index (χ4v) is 2.81. The molecule has 1 aromatic carbocycles. The first-order chi connectivity index (χ1) is 12.6. The minimum atomic E-state index is 0.0902. The van der Waals surface area contributed by atoms with Crippen LogP contribution in [-0.4, -0.2) is 61.1 Å². The lowest BCUT2D eigenvalue weighted by atomic mass is 10.1. The molecular formula is C20H25N3O3. The molecule has 1 amide bonds. The van der Waals surface area contributed by atoms with Crippen LogP contribution in [0.5, 0.6) is 11.5 Å². The van der Waals surface area contributed by atoms with E-state index in [9.17, 15) is 4.79 Å². The van der Waals surface area contributed by atoms with E-state index in [4.69, 9.17) is 9.47 Å². The molecule has 2 aromatic rings. The minimum absolute atomic E-state index is 0.0902. The molecule has 3 rings (SSSR count). The summed E-state index contributed by atoms with van der Waals surface area (Å²) < 4.78 is 11.2. The molecule has 2 heterocycles. The molecule has 0 fully saturated rings. The van der Waals surface area contributed by atoms with Crippen molar-refractivity contribution in [2.24, 2.45) is 0 Å². The van der Waals surface area contributed by atoms with Crippen LogP contribution < -0.4 is 9.47 Å².